The zero-order valence-corrected chi connectivity index (χ0v) is 14.2. The molecule has 0 aromatic heterocycles. The molecule has 2 unspecified atom stereocenters. The van der Waals surface area contributed by atoms with Crippen molar-refractivity contribution < 1.29 is 4.79 Å². The minimum absolute atomic E-state index is 0.0878. The van der Waals surface area contributed by atoms with Gasteiger partial charge < -0.3 is 0 Å². The van der Waals surface area contributed by atoms with E-state index in [0.717, 1.165) is 19.3 Å². The zero-order valence-electron chi connectivity index (χ0n) is 14.2. The smallest absolute Gasteiger partial charge is 0.240 e. The van der Waals surface area contributed by atoms with E-state index in [1.807, 2.05) is 0 Å². The van der Waals surface area contributed by atoms with E-state index in [0.29, 0.717) is 18.3 Å². The summed E-state index contributed by atoms with van der Waals surface area (Å²) in [4.78, 5) is 11.8. The van der Waals surface area contributed by atoms with Crippen LogP contribution in [0.15, 0.2) is 17.3 Å². The van der Waals surface area contributed by atoms with Crippen molar-refractivity contribution in [2.24, 2.45) is 16.9 Å². The van der Waals surface area contributed by atoms with Crippen molar-refractivity contribution in [3.63, 3.8) is 0 Å². The Bertz CT molecular complexity index is 400. The lowest BCUT2D eigenvalue weighted by Crippen LogP contribution is -2.35. The first-order chi connectivity index (χ1) is 10.8. The third kappa shape index (κ3) is 5.58. The number of carbonyl (C=O) groups excluding carboxylic acids is 1. The van der Waals surface area contributed by atoms with Gasteiger partial charge in [0.15, 0.2) is 0 Å². The Hall–Kier alpha value is -1.12. The highest BCUT2D eigenvalue weighted by Gasteiger charge is 2.37. The second kappa shape index (κ2) is 9.81. The van der Waals surface area contributed by atoms with Crippen molar-refractivity contribution in [3.8, 4) is 0 Å². The first kappa shape index (κ1) is 17.2. The van der Waals surface area contributed by atoms with Crippen LogP contribution in [-0.2, 0) is 4.79 Å². The molecule has 1 fully saturated rings. The summed E-state index contributed by atoms with van der Waals surface area (Å²) in [5.74, 6) is 1.38. The summed E-state index contributed by atoms with van der Waals surface area (Å²) < 4.78 is 0. The van der Waals surface area contributed by atoms with Crippen molar-refractivity contribution in [3.05, 3.63) is 12.2 Å². The molecule has 1 amide bonds. The first-order valence-corrected chi connectivity index (χ1v) is 9.33. The van der Waals surface area contributed by atoms with Crippen LogP contribution in [0.4, 0.5) is 0 Å². The monoisotopic (exact) mass is 304 g/mol. The quantitative estimate of drug-likeness (QED) is 0.326. The standard InChI is InChI=1S/C19H32N2O/c1-2-3-4-5-6-7-8-9-10-14-19(22)21-20-18-15-16-12-11-13-17(16)18/h11-12,16-17H,2-10,13-15H2,1H3,(H,21,22)/b20-18-. The third-order valence-electron chi connectivity index (χ3n) is 4.99. The van der Waals surface area contributed by atoms with Gasteiger partial charge in [0.2, 0.25) is 5.91 Å². The summed E-state index contributed by atoms with van der Waals surface area (Å²) in [6, 6.07) is 0. The van der Waals surface area contributed by atoms with Gasteiger partial charge in [-0.15, -0.1) is 0 Å². The van der Waals surface area contributed by atoms with Gasteiger partial charge in [0.1, 0.15) is 0 Å². The van der Waals surface area contributed by atoms with Crippen LogP contribution in [0.25, 0.3) is 0 Å². The van der Waals surface area contributed by atoms with Crippen LogP contribution in [0.2, 0.25) is 0 Å². The fourth-order valence-corrected chi connectivity index (χ4v) is 3.45. The maximum absolute atomic E-state index is 11.8. The number of fused-ring (bicyclic) bond motifs is 1. The van der Waals surface area contributed by atoms with Crippen molar-refractivity contribution in [1.29, 1.82) is 0 Å². The number of nitrogens with zero attached hydrogens (tertiary/aromatic N) is 1. The average molecular weight is 304 g/mol. The summed E-state index contributed by atoms with van der Waals surface area (Å²) in [6.45, 7) is 2.25. The Balaban J connectivity index is 1.41. The third-order valence-corrected chi connectivity index (χ3v) is 4.99. The molecule has 1 N–H and O–H groups in total. The molecule has 3 nitrogen and oxygen atoms in total. The van der Waals surface area contributed by atoms with Gasteiger partial charge in [0, 0.05) is 18.1 Å². The second-order valence-electron chi connectivity index (χ2n) is 6.85. The summed E-state index contributed by atoms with van der Waals surface area (Å²) in [5, 5.41) is 4.31. The molecule has 22 heavy (non-hydrogen) atoms. The molecule has 2 aliphatic rings. The van der Waals surface area contributed by atoms with Crippen LogP contribution < -0.4 is 5.43 Å². The molecule has 124 valence electrons. The molecule has 0 spiro atoms. The molecule has 0 saturated heterocycles. The van der Waals surface area contributed by atoms with Crippen molar-refractivity contribution in [2.75, 3.05) is 0 Å². The van der Waals surface area contributed by atoms with Crippen molar-refractivity contribution in [2.45, 2.75) is 84.0 Å². The molecule has 1 saturated carbocycles. The lowest BCUT2D eigenvalue weighted by atomic mass is 9.74. The van der Waals surface area contributed by atoms with Crippen molar-refractivity contribution >= 4 is 11.6 Å². The van der Waals surface area contributed by atoms with Crippen molar-refractivity contribution in [1.82, 2.24) is 5.43 Å². The van der Waals surface area contributed by atoms with Crippen LogP contribution in [0, 0.1) is 11.8 Å². The number of unbranched alkanes of at least 4 members (excludes halogenated alkanes) is 8. The molecule has 0 aromatic rings. The number of carbonyl (C=O) groups is 1. The predicted octanol–water partition coefficient (Wildman–Crippen LogP) is 4.98. The Labute approximate surface area is 135 Å². The molecular weight excluding hydrogens is 272 g/mol. The SMILES string of the molecule is CCCCCCCCCCCC(=O)N/N=C1/CC2C=CCC12. The second-order valence-corrected chi connectivity index (χ2v) is 6.85. The minimum Gasteiger partial charge on any atom is -0.273 e. The molecule has 0 heterocycles. The van der Waals surface area contributed by atoms with E-state index < -0.39 is 0 Å². The van der Waals surface area contributed by atoms with Gasteiger partial charge in [-0.05, 0) is 25.2 Å². The number of amides is 1. The van der Waals surface area contributed by atoms with E-state index in [4.69, 9.17) is 0 Å². The van der Waals surface area contributed by atoms with E-state index in [2.05, 4.69) is 29.6 Å². The molecule has 2 atom stereocenters. The highest BCUT2D eigenvalue weighted by Crippen LogP contribution is 2.40. The topological polar surface area (TPSA) is 41.5 Å². The molecule has 0 bridgehead atoms. The van der Waals surface area contributed by atoms with Crippen LogP contribution in [0.3, 0.4) is 0 Å². The lowest BCUT2D eigenvalue weighted by molar-refractivity contribution is -0.121. The van der Waals surface area contributed by atoms with Crippen LogP contribution >= 0.6 is 0 Å². The molecule has 3 heteroatoms. The van der Waals surface area contributed by atoms with Gasteiger partial charge in [-0.3, -0.25) is 4.79 Å². The van der Waals surface area contributed by atoms with E-state index in [1.165, 1.54) is 57.1 Å². The maximum Gasteiger partial charge on any atom is 0.240 e. The van der Waals surface area contributed by atoms with E-state index in [-0.39, 0.29) is 5.91 Å². The maximum atomic E-state index is 11.8. The predicted molar refractivity (Wildman–Crippen MR) is 92.8 cm³/mol. The number of hydrogen-bond donors (Lipinski definition) is 1. The Morgan fingerprint density at radius 1 is 1.14 bits per heavy atom. The van der Waals surface area contributed by atoms with Gasteiger partial charge >= 0.3 is 0 Å². The van der Waals surface area contributed by atoms with Crippen LogP contribution in [0.1, 0.15) is 84.0 Å². The van der Waals surface area contributed by atoms with Gasteiger partial charge in [-0.1, -0.05) is 70.4 Å². The number of allylic oxidation sites excluding steroid dienone is 2. The van der Waals surface area contributed by atoms with Gasteiger partial charge in [-0.2, -0.15) is 5.10 Å². The van der Waals surface area contributed by atoms with Gasteiger partial charge in [-0.25, -0.2) is 5.43 Å². The average Bonchev–Trinajstić information content (AvgIpc) is 2.87. The van der Waals surface area contributed by atoms with E-state index in [1.54, 1.807) is 0 Å². The van der Waals surface area contributed by atoms with E-state index >= 15 is 0 Å². The molecule has 2 rings (SSSR count). The lowest BCUT2D eigenvalue weighted by Gasteiger charge is -2.31. The normalized spacial score (nSPS) is 24.3. The molecular formula is C19H32N2O. The molecule has 0 aliphatic heterocycles. The van der Waals surface area contributed by atoms with E-state index in [9.17, 15) is 4.79 Å². The minimum atomic E-state index is 0.0878. The summed E-state index contributed by atoms with van der Waals surface area (Å²) in [7, 11) is 0. The number of hydrazone groups is 1. The Morgan fingerprint density at radius 2 is 1.82 bits per heavy atom. The highest BCUT2D eigenvalue weighted by molar-refractivity contribution is 5.94. The van der Waals surface area contributed by atoms with Crippen LogP contribution in [0.5, 0.6) is 0 Å². The fourth-order valence-electron chi connectivity index (χ4n) is 3.45. The summed E-state index contributed by atoms with van der Waals surface area (Å²) in [5.41, 5.74) is 3.93. The van der Waals surface area contributed by atoms with Gasteiger partial charge in [0.25, 0.3) is 0 Å². The number of nitrogens with one attached hydrogen (secondary N) is 1. The Kier molecular flexibility index (Phi) is 7.68. The first-order valence-electron chi connectivity index (χ1n) is 9.33. The molecule has 0 radical (unpaired) electrons. The Morgan fingerprint density at radius 3 is 2.50 bits per heavy atom. The van der Waals surface area contributed by atoms with Gasteiger partial charge in [0.05, 0.1) is 0 Å². The molecule has 0 aromatic carbocycles. The summed E-state index contributed by atoms with van der Waals surface area (Å²) in [6.07, 6.45) is 18.9. The highest BCUT2D eigenvalue weighted by atomic mass is 16.2. The number of hydrogen-bond acceptors (Lipinski definition) is 2. The summed E-state index contributed by atoms with van der Waals surface area (Å²) >= 11 is 0. The van der Waals surface area contributed by atoms with Crippen LogP contribution in [-0.4, -0.2) is 11.6 Å². The fraction of sp³-hybridized carbons (Fsp3) is 0.789. The molecule has 2 aliphatic carbocycles. The number of rotatable bonds is 11. The zero-order chi connectivity index (χ0) is 15.6. The largest absolute Gasteiger partial charge is 0.273 e.